The quantitative estimate of drug-likeness (QED) is 0.425. The second-order valence-corrected chi connectivity index (χ2v) is 10.2. The Morgan fingerprint density at radius 2 is 1.63 bits per heavy atom. The minimum absolute atomic E-state index is 0.128. The van der Waals surface area contributed by atoms with Gasteiger partial charge in [0.2, 0.25) is 11.8 Å². The molecule has 1 N–H and O–H groups in total. The topological polar surface area (TPSA) is 49.4 Å². The van der Waals surface area contributed by atoms with Crippen molar-refractivity contribution in [2.45, 2.75) is 58.7 Å². The minimum atomic E-state index is -0.797. The minimum Gasteiger partial charge on any atom is -0.350 e. The van der Waals surface area contributed by atoms with Crippen LogP contribution in [0, 0.1) is 12.7 Å². The Morgan fingerprint density at radius 3 is 2.26 bits per heavy atom. The van der Waals surface area contributed by atoms with Crippen LogP contribution in [-0.2, 0) is 29.0 Å². The van der Waals surface area contributed by atoms with Crippen LogP contribution in [0.3, 0.4) is 0 Å². The molecule has 0 aliphatic carbocycles. The van der Waals surface area contributed by atoms with Crippen molar-refractivity contribution in [3.8, 4) is 0 Å². The summed E-state index contributed by atoms with van der Waals surface area (Å²) in [5.74, 6) is -1.17. The molecular formula is C29H32ClFN2O2. The third-order valence-electron chi connectivity index (χ3n) is 5.76. The zero-order valence-corrected chi connectivity index (χ0v) is 21.4. The first-order chi connectivity index (χ1) is 16.5. The van der Waals surface area contributed by atoms with Gasteiger partial charge in [-0.25, -0.2) is 4.39 Å². The first-order valence-corrected chi connectivity index (χ1v) is 12.1. The van der Waals surface area contributed by atoms with Crippen LogP contribution in [0.15, 0.2) is 72.8 Å². The van der Waals surface area contributed by atoms with E-state index in [-0.39, 0.29) is 35.4 Å². The maximum absolute atomic E-state index is 14.6. The Bertz CT molecular complexity index is 1150. The lowest BCUT2D eigenvalue weighted by Crippen LogP contribution is -2.54. The summed E-state index contributed by atoms with van der Waals surface area (Å²) in [5.41, 5.74) is 2.49. The lowest BCUT2D eigenvalue weighted by molar-refractivity contribution is -0.141. The summed E-state index contributed by atoms with van der Waals surface area (Å²) in [6.45, 7) is 7.88. The van der Waals surface area contributed by atoms with Gasteiger partial charge in [0.25, 0.3) is 0 Å². The summed E-state index contributed by atoms with van der Waals surface area (Å²) in [6.07, 6.45) is 0.0802. The van der Waals surface area contributed by atoms with E-state index in [0.717, 1.165) is 16.7 Å². The Morgan fingerprint density at radius 1 is 0.971 bits per heavy atom. The molecule has 0 radical (unpaired) electrons. The molecule has 6 heteroatoms. The zero-order valence-electron chi connectivity index (χ0n) is 20.6. The molecular weight excluding hydrogens is 463 g/mol. The molecule has 4 nitrogen and oxygen atoms in total. The highest BCUT2D eigenvalue weighted by atomic mass is 35.5. The highest BCUT2D eigenvalue weighted by Crippen LogP contribution is 2.23. The number of hydrogen-bond donors (Lipinski definition) is 1. The number of hydrogen-bond acceptors (Lipinski definition) is 2. The van der Waals surface area contributed by atoms with Crippen LogP contribution < -0.4 is 5.32 Å². The lowest BCUT2D eigenvalue weighted by Gasteiger charge is -2.34. The number of benzene rings is 3. The van der Waals surface area contributed by atoms with E-state index < -0.39 is 17.4 Å². The maximum atomic E-state index is 14.6. The summed E-state index contributed by atoms with van der Waals surface area (Å²) < 4.78 is 14.6. The average Bonchev–Trinajstić information content (AvgIpc) is 2.79. The number of carbonyl (C=O) groups is 2. The molecule has 3 aromatic rings. The fourth-order valence-corrected chi connectivity index (χ4v) is 4.16. The van der Waals surface area contributed by atoms with E-state index in [1.807, 2.05) is 82.3 Å². The number of nitrogens with one attached hydrogen (secondary N) is 1. The summed E-state index contributed by atoms with van der Waals surface area (Å²) in [4.78, 5) is 28.9. The molecule has 0 saturated heterocycles. The molecule has 0 saturated carbocycles. The first-order valence-electron chi connectivity index (χ1n) is 11.7. The van der Waals surface area contributed by atoms with Gasteiger partial charge in [-0.3, -0.25) is 9.59 Å². The van der Waals surface area contributed by atoms with Crippen molar-refractivity contribution in [3.63, 3.8) is 0 Å². The van der Waals surface area contributed by atoms with E-state index in [1.165, 1.54) is 12.1 Å². The van der Waals surface area contributed by atoms with Crippen LogP contribution in [0.2, 0.25) is 5.02 Å². The lowest BCUT2D eigenvalue weighted by atomic mass is 9.99. The molecule has 0 unspecified atom stereocenters. The second kappa shape index (κ2) is 11.5. The van der Waals surface area contributed by atoms with Gasteiger partial charge in [-0.2, -0.15) is 0 Å². The summed E-state index contributed by atoms with van der Waals surface area (Å²) >= 11 is 6.23. The van der Waals surface area contributed by atoms with E-state index in [2.05, 4.69) is 5.32 Å². The number of rotatable bonds is 8. The van der Waals surface area contributed by atoms with Gasteiger partial charge in [0, 0.05) is 29.1 Å². The van der Waals surface area contributed by atoms with Gasteiger partial charge in [-0.15, -0.1) is 0 Å². The van der Waals surface area contributed by atoms with Crippen molar-refractivity contribution in [2.24, 2.45) is 0 Å². The highest BCUT2D eigenvalue weighted by molar-refractivity contribution is 6.31. The Balaban J connectivity index is 2.04. The Kier molecular flexibility index (Phi) is 8.68. The SMILES string of the molecule is Cc1ccccc1CN(C(=O)Cc1c(F)cccc1Cl)[C@H](Cc1ccccc1)C(=O)NC(C)(C)C. The van der Waals surface area contributed by atoms with Crippen molar-refractivity contribution in [3.05, 3.63) is 106 Å². The van der Waals surface area contributed by atoms with Crippen LogP contribution in [-0.4, -0.2) is 28.3 Å². The van der Waals surface area contributed by atoms with Crippen molar-refractivity contribution < 1.29 is 14.0 Å². The van der Waals surface area contributed by atoms with Crippen molar-refractivity contribution >= 4 is 23.4 Å². The van der Waals surface area contributed by atoms with Gasteiger partial charge in [0.15, 0.2) is 0 Å². The maximum Gasteiger partial charge on any atom is 0.243 e. The van der Waals surface area contributed by atoms with E-state index in [9.17, 15) is 14.0 Å². The predicted octanol–water partition coefficient (Wildman–Crippen LogP) is 5.88. The molecule has 0 bridgehead atoms. The first kappa shape index (κ1) is 26.4. The van der Waals surface area contributed by atoms with Crippen molar-refractivity contribution in [1.82, 2.24) is 10.2 Å². The van der Waals surface area contributed by atoms with E-state index in [0.29, 0.717) is 6.42 Å². The van der Waals surface area contributed by atoms with Gasteiger partial charge in [0.05, 0.1) is 6.42 Å². The number of aryl methyl sites for hydroxylation is 1. The average molecular weight is 495 g/mol. The molecule has 1 atom stereocenters. The molecule has 0 aromatic heterocycles. The van der Waals surface area contributed by atoms with Gasteiger partial charge in [0.1, 0.15) is 11.9 Å². The van der Waals surface area contributed by atoms with Gasteiger partial charge in [-0.05, 0) is 56.5 Å². The molecule has 184 valence electrons. The largest absolute Gasteiger partial charge is 0.350 e. The smallest absolute Gasteiger partial charge is 0.243 e. The number of nitrogens with zero attached hydrogens (tertiary/aromatic N) is 1. The van der Waals surface area contributed by atoms with Crippen molar-refractivity contribution in [2.75, 3.05) is 0 Å². The monoisotopic (exact) mass is 494 g/mol. The van der Waals surface area contributed by atoms with Gasteiger partial charge >= 0.3 is 0 Å². The third kappa shape index (κ3) is 7.40. The van der Waals surface area contributed by atoms with Crippen LogP contribution >= 0.6 is 11.6 Å². The molecule has 3 aromatic carbocycles. The zero-order chi connectivity index (χ0) is 25.6. The van der Waals surface area contributed by atoms with E-state index >= 15 is 0 Å². The predicted molar refractivity (Wildman–Crippen MR) is 139 cm³/mol. The van der Waals surface area contributed by atoms with Crippen LogP contribution in [0.4, 0.5) is 4.39 Å². The number of carbonyl (C=O) groups excluding carboxylic acids is 2. The third-order valence-corrected chi connectivity index (χ3v) is 6.12. The standard InChI is InChI=1S/C29H32ClFN2O2/c1-20-11-8-9-14-22(20)19-33(27(34)18-23-24(30)15-10-16-25(23)31)26(28(35)32-29(2,3)4)17-21-12-6-5-7-13-21/h5-16,26H,17-19H2,1-4H3,(H,32,35)/t26-/m1/s1. The molecule has 0 fully saturated rings. The van der Waals surface area contributed by atoms with Crippen LogP contribution in [0.5, 0.6) is 0 Å². The van der Waals surface area contributed by atoms with E-state index in [4.69, 9.17) is 11.6 Å². The second-order valence-electron chi connectivity index (χ2n) is 9.77. The molecule has 0 aliphatic rings. The fraction of sp³-hybridized carbons (Fsp3) is 0.310. The molecule has 0 heterocycles. The number of halogens is 2. The Hall–Kier alpha value is -3.18. The Labute approximate surface area is 212 Å². The van der Waals surface area contributed by atoms with E-state index in [1.54, 1.807) is 11.0 Å². The van der Waals surface area contributed by atoms with Gasteiger partial charge in [-0.1, -0.05) is 72.3 Å². The molecule has 0 aliphatic heterocycles. The summed E-state index contributed by atoms with van der Waals surface area (Å²) in [6, 6.07) is 20.9. The van der Waals surface area contributed by atoms with Crippen LogP contribution in [0.1, 0.15) is 43.0 Å². The molecule has 0 spiro atoms. The van der Waals surface area contributed by atoms with Gasteiger partial charge < -0.3 is 10.2 Å². The molecule has 2 amide bonds. The molecule has 3 rings (SSSR count). The number of amides is 2. The highest BCUT2D eigenvalue weighted by Gasteiger charge is 2.33. The summed E-state index contributed by atoms with van der Waals surface area (Å²) in [7, 11) is 0. The van der Waals surface area contributed by atoms with Crippen LogP contribution in [0.25, 0.3) is 0 Å². The summed E-state index contributed by atoms with van der Waals surface area (Å²) in [5, 5.41) is 3.22. The van der Waals surface area contributed by atoms with Crippen molar-refractivity contribution in [1.29, 1.82) is 0 Å². The fourth-order valence-electron chi connectivity index (χ4n) is 3.93. The molecule has 35 heavy (non-hydrogen) atoms. The normalized spacial score (nSPS) is 12.2.